The highest BCUT2D eigenvalue weighted by Crippen LogP contribution is 2.25. The molecule has 0 saturated heterocycles. The van der Waals surface area contributed by atoms with Crippen molar-refractivity contribution in [1.29, 1.82) is 0 Å². The molecule has 6 heteroatoms. The molecule has 0 fully saturated rings. The highest BCUT2D eigenvalue weighted by molar-refractivity contribution is 5.87. The summed E-state index contributed by atoms with van der Waals surface area (Å²) in [6, 6.07) is 0.274. The largest absolute Gasteiger partial charge is 0.385 e. The first-order valence-electron chi connectivity index (χ1n) is 7.13. The molecule has 6 nitrogen and oxygen atoms in total. The van der Waals surface area contributed by atoms with Crippen molar-refractivity contribution in [3.05, 3.63) is 12.0 Å². The van der Waals surface area contributed by atoms with E-state index < -0.39 is 0 Å². The maximum atomic E-state index is 5.88. The van der Waals surface area contributed by atoms with E-state index in [0.717, 1.165) is 29.6 Å². The zero-order valence-electron chi connectivity index (χ0n) is 13.1. The van der Waals surface area contributed by atoms with Crippen molar-refractivity contribution in [2.45, 2.75) is 46.6 Å². The zero-order valence-corrected chi connectivity index (χ0v) is 13.1. The minimum absolute atomic E-state index is 0.274. The molecule has 2 rings (SSSR count). The van der Waals surface area contributed by atoms with Crippen molar-refractivity contribution in [2.24, 2.45) is 0 Å². The Hall–Kier alpha value is -1.69. The van der Waals surface area contributed by atoms with E-state index in [-0.39, 0.29) is 6.04 Å². The van der Waals surface area contributed by atoms with E-state index in [2.05, 4.69) is 22.0 Å². The topological polar surface area (TPSA) is 78.9 Å². The molecule has 20 heavy (non-hydrogen) atoms. The fourth-order valence-corrected chi connectivity index (χ4v) is 2.18. The van der Waals surface area contributed by atoms with E-state index in [4.69, 9.17) is 10.5 Å². The smallest absolute Gasteiger partial charge is 0.163 e. The van der Waals surface area contributed by atoms with Gasteiger partial charge in [0.1, 0.15) is 12.1 Å². The van der Waals surface area contributed by atoms with Crippen molar-refractivity contribution in [1.82, 2.24) is 19.7 Å². The molecule has 0 bridgehead atoms. The summed E-state index contributed by atoms with van der Waals surface area (Å²) in [5, 5.41) is 5.41. The molecule has 0 amide bonds. The first-order valence-corrected chi connectivity index (χ1v) is 7.13. The first kappa shape index (κ1) is 16.4. The summed E-state index contributed by atoms with van der Waals surface area (Å²) in [4.78, 5) is 8.33. The lowest BCUT2D eigenvalue weighted by Gasteiger charge is -2.15. The van der Waals surface area contributed by atoms with Crippen LogP contribution in [0.3, 0.4) is 0 Å². The number of nitrogens with zero attached hydrogens (tertiary/aromatic N) is 4. The van der Waals surface area contributed by atoms with Gasteiger partial charge in [-0.3, -0.25) is 0 Å². The number of ether oxygens (including phenoxy) is 1. The summed E-state index contributed by atoms with van der Waals surface area (Å²) in [5.41, 5.74) is 7.57. The van der Waals surface area contributed by atoms with Gasteiger partial charge in [-0.2, -0.15) is 5.10 Å². The second-order valence-corrected chi connectivity index (χ2v) is 4.33. The number of nitrogen functional groups attached to an aromatic ring is 1. The third-order valence-corrected chi connectivity index (χ3v) is 3.17. The molecule has 2 N–H and O–H groups in total. The third-order valence-electron chi connectivity index (χ3n) is 3.17. The lowest BCUT2D eigenvalue weighted by Crippen LogP contribution is -2.13. The first-order chi connectivity index (χ1) is 9.69. The van der Waals surface area contributed by atoms with Gasteiger partial charge in [0, 0.05) is 13.7 Å². The lowest BCUT2D eigenvalue weighted by atomic mass is 10.1. The summed E-state index contributed by atoms with van der Waals surface area (Å²) in [6.45, 7) is 8.77. The maximum absolute atomic E-state index is 5.88. The maximum Gasteiger partial charge on any atom is 0.163 e. The number of aromatic nitrogens is 4. The van der Waals surface area contributed by atoms with Gasteiger partial charge in [-0.25, -0.2) is 14.6 Å². The fraction of sp³-hybridized carbons (Fsp3) is 0.643. The SMILES string of the molecule is CC.CCC(CCOC)n1nc(C)c2c(N)ncnc21. The van der Waals surface area contributed by atoms with Crippen molar-refractivity contribution in [2.75, 3.05) is 19.5 Å². The van der Waals surface area contributed by atoms with Crippen LogP contribution in [0.25, 0.3) is 11.0 Å². The van der Waals surface area contributed by atoms with E-state index in [9.17, 15) is 0 Å². The highest BCUT2D eigenvalue weighted by Gasteiger charge is 2.17. The number of aryl methyl sites for hydroxylation is 1. The average Bonchev–Trinajstić information content (AvgIpc) is 2.81. The molecule has 1 unspecified atom stereocenters. The van der Waals surface area contributed by atoms with E-state index in [1.54, 1.807) is 7.11 Å². The van der Waals surface area contributed by atoms with Crippen LogP contribution in [-0.4, -0.2) is 33.5 Å². The van der Waals surface area contributed by atoms with Gasteiger partial charge in [-0.1, -0.05) is 20.8 Å². The average molecular weight is 279 g/mol. The number of methoxy groups -OCH3 is 1. The molecule has 0 aliphatic rings. The van der Waals surface area contributed by atoms with Crippen LogP contribution in [-0.2, 0) is 4.74 Å². The molecule has 0 spiro atoms. The van der Waals surface area contributed by atoms with E-state index in [0.29, 0.717) is 12.4 Å². The molecule has 1 atom stereocenters. The normalized spacial score (nSPS) is 12.1. The fourth-order valence-electron chi connectivity index (χ4n) is 2.18. The number of anilines is 1. The monoisotopic (exact) mass is 279 g/mol. The molecular weight excluding hydrogens is 254 g/mol. The molecule has 2 aromatic heterocycles. The molecule has 2 aromatic rings. The summed E-state index contributed by atoms with van der Waals surface area (Å²) in [5.74, 6) is 0.491. The molecule has 0 radical (unpaired) electrons. The third kappa shape index (κ3) is 3.25. The van der Waals surface area contributed by atoms with Gasteiger partial charge < -0.3 is 10.5 Å². The Balaban J connectivity index is 0.000000956. The Kier molecular flexibility index (Phi) is 6.38. The van der Waals surface area contributed by atoms with Crippen molar-refractivity contribution >= 4 is 16.9 Å². The van der Waals surface area contributed by atoms with Crippen LogP contribution in [0.5, 0.6) is 0 Å². The highest BCUT2D eigenvalue weighted by atomic mass is 16.5. The van der Waals surface area contributed by atoms with Gasteiger partial charge >= 0.3 is 0 Å². The molecule has 112 valence electrons. The zero-order chi connectivity index (χ0) is 15.1. The van der Waals surface area contributed by atoms with Crippen molar-refractivity contribution in [3.63, 3.8) is 0 Å². The van der Waals surface area contributed by atoms with Gasteiger partial charge in [0.15, 0.2) is 5.65 Å². The molecule has 0 aliphatic carbocycles. The van der Waals surface area contributed by atoms with Crippen LogP contribution >= 0.6 is 0 Å². The van der Waals surface area contributed by atoms with Gasteiger partial charge in [0.05, 0.1) is 17.1 Å². The number of hydrogen-bond acceptors (Lipinski definition) is 5. The molecule has 2 heterocycles. The number of hydrogen-bond donors (Lipinski definition) is 1. The molecule has 0 aliphatic heterocycles. The van der Waals surface area contributed by atoms with Crippen LogP contribution < -0.4 is 5.73 Å². The Labute approximate surface area is 120 Å². The predicted octanol–water partition coefficient (Wildman–Crippen LogP) is 2.73. The minimum Gasteiger partial charge on any atom is -0.385 e. The van der Waals surface area contributed by atoms with E-state index in [1.807, 2.05) is 25.5 Å². The van der Waals surface area contributed by atoms with Gasteiger partial charge in [0.2, 0.25) is 0 Å². The van der Waals surface area contributed by atoms with Crippen LogP contribution in [0.4, 0.5) is 5.82 Å². The second-order valence-electron chi connectivity index (χ2n) is 4.33. The summed E-state index contributed by atoms with van der Waals surface area (Å²) >= 11 is 0. The molecule has 0 saturated carbocycles. The molecular formula is C14H25N5O. The summed E-state index contributed by atoms with van der Waals surface area (Å²) < 4.78 is 7.09. The van der Waals surface area contributed by atoms with Gasteiger partial charge in [-0.05, 0) is 19.8 Å². The van der Waals surface area contributed by atoms with Crippen LogP contribution in [0, 0.1) is 6.92 Å². The summed E-state index contributed by atoms with van der Waals surface area (Å²) in [7, 11) is 1.71. The number of nitrogens with two attached hydrogens (primary N) is 1. The number of fused-ring (bicyclic) bond motifs is 1. The van der Waals surface area contributed by atoms with Crippen molar-refractivity contribution < 1.29 is 4.74 Å². The Morgan fingerprint density at radius 3 is 2.65 bits per heavy atom. The minimum atomic E-state index is 0.274. The Bertz CT molecular complexity index is 538. The van der Waals surface area contributed by atoms with Gasteiger partial charge in [-0.15, -0.1) is 0 Å². The second kappa shape index (κ2) is 7.79. The summed E-state index contributed by atoms with van der Waals surface area (Å²) in [6.07, 6.45) is 3.37. The Morgan fingerprint density at radius 2 is 2.05 bits per heavy atom. The van der Waals surface area contributed by atoms with E-state index >= 15 is 0 Å². The Morgan fingerprint density at radius 1 is 1.35 bits per heavy atom. The lowest BCUT2D eigenvalue weighted by molar-refractivity contribution is 0.175. The molecule has 0 aromatic carbocycles. The van der Waals surface area contributed by atoms with Gasteiger partial charge in [0.25, 0.3) is 0 Å². The van der Waals surface area contributed by atoms with Crippen LogP contribution in [0.15, 0.2) is 6.33 Å². The van der Waals surface area contributed by atoms with Crippen LogP contribution in [0.1, 0.15) is 45.3 Å². The van der Waals surface area contributed by atoms with Crippen LogP contribution in [0.2, 0.25) is 0 Å². The quantitative estimate of drug-likeness (QED) is 0.910. The predicted molar refractivity (Wildman–Crippen MR) is 81.6 cm³/mol. The van der Waals surface area contributed by atoms with Crippen molar-refractivity contribution in [3.8, 4) is 0 Å². The standard InChI is InChI=1S/C12H19N5O.C2H6/c1-4-9(5-6-18-3)17-12-10(8(2)16-17)11(13)14-7-15-12;1-2/h7,9H,4-6H2,1-3H3,(H2,13,14,15);1-2H3. The van der Waals surface area contributed by atoms with E-state index in [1.165, 1.54) is 6.33 Å². The number of rotatable bonds is 5.